The SMILES string of the molecule is O=C(O)CN(c1ncnc2c1COC2)C1CC1. The molecule has 0 unspecified atom stereocenters. The fourth-order valence-corrected chi connectivity index (χ4v) is 2.12. The molecular weight excluding hydrogens is 222 g/mol. The Morgan fingerprint density at radius 3 is 3.00 bits per heavy atom. The molecule has 2 heterocycles. The van der Waals surface area contributed by atoms with Crippen molar-refractivity contribution in [3.8, 4) is 0 Å². The number of rotatable bonds is 4. The molecule has 1 aromatic rings. The molecule has 1 N–H and O–H groups in total. The second-order valence-corrected chi connectivity index (χ2v) is 4.37. The van der Waals surface area contributed by atoms with Gasteiger partial charge in [0, 0.05) is 11.6 Å². The van der Waals surface area contributed by atoms with E-state index >= 15 is 0 Å². The number of carboxylic acids is 1. The minimum atomic E-state index is -0.830. The lowest BCUT2D eigenvalue weighted by atomic mass is 10.2. The van der Waals surface area contributed by atoms with E-state index in [2.05, 4.69) is 9.97 Å². The molecule has 0 atom stereocenters. The van der Waals surface area contributed by atoms with Crippen LogP contribution in [0.25, 0.3) is 0 Å². The maximum absolute atomic E-state index is 10.9. The Morgan fingerprint density at radius 1 is 1.47 bits per heavy atom. The van der Waals surface area contributed by atoms with Crippen LogP contribution in [0.4, 0.5) is 5.82 Å². The first-order chi connectivity index (χ1) is 8.25. The molecule has 90 valence electrons. The normalized spacial score (nSPS) is 17.9. The summed E-state index contributed by atoms with van der Waals surface area (Å²) in [4.78, 5) is 21.1. The van der Waals surface area contributed by atoms with Crippen molar-refractivity contribution < 1.29 is 14.6 Å². The van der Waals surface area contributed by atoms with Crippen LogP contribution in [-0.2, 0) is 22.7 Å². The van der Waals surface area contributed by atoms with Crippen LogP contribution in [0.2, 0.25) is 0 Å². The molecule has 2 aliphatic rings. The molecular formula is C11H13N3O3. The minimum Gasteiger partial charge on any atom is -0.480 e. The van der Waals surface area contributed by atoms with E-state index in [0.29, 0.717) is 19.3 Å². The number of carbonyl (C=O) groups is 1. The number of nitrogens with zero attached hydrogens (tertiary/aromatic N) is 3. The highest BCUT2D eigenvalue weighted by atomic mass is 16.5. The van der Waals surface area contributed by atoms with Crippen molar-refractivity contribution in [3.05, 3.63) is 17.6 Å². The summed E-state index contributed by atoms with van der Waals surface area (Å²) in [5.41, 5.74) is 1.83. The molecule has 0 radical (unpaired) electrons. The standard InChI is InChI=1S/C11H13N3O3/c15-10(16)3-14(7-1-2-7)11-8-4-17-5-9(8)12-6-13-11/h6-7H,1-5H2,(H,15,16). The lowest BCUT2D eigenvalue weighted by Crippen LogP contribution is -2.33. The molecule has 0 saturated heterocycles. The Labute approximate surface area is 98.2 Å². The third kappa shape index (κ3) is 1.95. The van der Waals surface area contributed by atoms with Crippen molar-refractivity contribution in [1.29, 1.82) is 0 Å². The summed E-state index contributed by atoms with van der Waals surface area (Å²) in [7, 11) is 0. The summed E-state index contributed by atoms with van der Waals surface area (Å²) >= 11 is 0. The van der Waals surface area contributed by atoms with E-state index in [-0.39, 0.29) is 6.54 Å². The zero-order valence-electron chi connectivity index (χ0n) is 9.30. The monoisotopic (exact) mass is 235 g/mol. The van der Waals surface area contributed by atoms with Gasteiger partial charge in [-0.15, -0.1) is 0 Å². The van der Waals surface area contributed by atoms with Crippen LogP contribution in [0.3, 0.4) is 0 Å². The zero-order chi connectivity index (χ0) is 11.8. The maximum atomic E-state index is 10.9. The van der Waals surface area contributed by atoms with Crippen LogP contribution in [0.15, 0.2) is 6.33 Å². The number of ether oxygens (including phenoxy) is 1. The maximum Gasteiger partial charge on any atom is 0.323 e. The minimum absolute atomic E-state index is 0.00583. The zero-order valence-corrected chi connectivity index (χ0v) is 9.30. The van der Waals surface area contributed by atoms with Gasteiger partial charge in [0.05, 0.1) is 18.9 Å². The topological polar surface area (TPSA) is 75.5 Å². The molecule has 0 spiro atoms. The number of aromatic nitrogens is 2. The fraction of sp³-hybridized carbons (Fsp3) is 0.545. The molecule has 0 amide bonds. The van der Waals surface area contributed by atoms with E-state index in [9.17, 15) is 4.79 Å². The van der Waals surface area contributed by atoms with Gasteiger partial charge in [-0.1, -0.05) is 0 Å². The van der Waals surface area contributed by atoms with Gasteiger partial charge in [-0.25, -0.2) is 9.97 Å². The Morgan fingerprint density at radius 2 is 2.29 bits per heavy atom. The van der Waals surface area contributed by atoms with Crippen LogP contribution >= 0.6 is 0 Å². The highest BCUT2D eigenvalue weighted by Gasteiger charge is 2.34. The van der Waals surface area contributed by atoms with Gasteiger partial charge in [-0.05, 0) is 12.8 Å². The van der Waals surface area contributed by atoms with E-state index < -0.39 is 5.97 Å². The lowest BCUT2D eigenvalue weighted by molar-refractivity contribution is -0.135. The summed E-state index contributed by atoms with van der Waals surface area (Å²) in [5.74, 6) is -0.0967. The number of anilines is 1. The molecule has 0 bridgehead atoms. The second kappa shape index (κ2) is 3.96. The highest BCUT2D eigenvalue weighted by molar-refractivity contribution is 5.74. The van der Waals surface area contributed by atoms with Crippen LogP contribution in [0, 0.1) is 0 Å². The molecule has 1 aliphatic carbocycles. The number of hydrogen-bond acceptors (Lipinski definition) is 5. The fourth-order valence-electron chi connectivity index (χ4n) is 2.12. The largest absolute Gasteiger partial charge is 0.480 e. The molecule has 1 fully saturated rings. The van der Waals surface area contributed by atoms with Crippen molar-refractivity contribution in [1.82, 2.24) is 9.97 Å². The van der Waals surface area contributed by atoms with Crippen LogP contribution in [0.5, 0.6) is 0 Å². The van der Waals surface area contributed by atoms with Gasteiger partial charge in [0.25, 0.3) is 0 Å². The van der Waals surface area contributed by atoms with Gasteiger partial charge in [0.1, 0.15) is 18.7 Å². The van der Waals surface area contributed by atoms with Crippen molar-refractivity contribution in [3.63, 3.8) is 0 Å². The number of carboxylic acid groups (broad SMARTS) is 1. The van der Waals surface area contributed by atoms with Crippen molar-refractivity contribution in [2.24, 2.45) is 0 Å². The molecule has 17 heavy (non-hydrogen) atoms. The molecule has 1 aliphatic heterocycles. The van der Waals surface area contributed by atoms with E-state index in [1.54, 1.807) is 0 Å². The Bertz CT molecular complexity index is 459. The average Bonchev–Trinajstić information content (AvgIpc) is 3.02. The summed E-state index contributed by atoms with van der Waals surface area (Å²) in [6.45, 7) is 0.971. The molecule has 0 aromatic carbocycles. The van der Waals surface area contributed by atoms with Gasteiger partial charge in [-0.3, -0.25) is 4.79 Å². The molecule has 3 rings (SSSR count). The lowest BCUT2D eigenvalue weighted by Gasteiger charge is -2.22. The van der Waals surface area contributed by atoms with Crippen LogP contribution < -0.4 is 4.90 Å². The van der Waals surface area contributed by atoms with E-state index in [0.717, 1.165) is 29.9 Å². The smallest absolute Gasteiger partial charge is 0.323 e. The van der Waals surface area contributed by atoms with Crippen molar-refractivity contribution >= 4 is 11.8 Å². The van der Waals surface area contributed by atoms with Gasteiger partial charge in [-0.2, -0.15) is 0 Å². The molecule has 6 nitrogen and oxygen atoms in total. The van der Waals surface area contributed by atoms with Crippen LogP contribution in [0.1, 0.15) is 24.1 Å². The van der Waals surface area contributed by atoms with Crippen molar-refractivity contribution in [2.75, 3.05) is 11.4 Å². The van der Waals surface area contributed by atoms with E-state index in [4.69, 9.17) is 9.84 Å². The Balaban J connectivity index is 1.95. The number of fused-ring (bicyclic) bond motifs is 1. The van der Waals surface area contributed by atoms with E-state index in [1.165, 1.54) is 6.33 Å². The Kier molecular flexibility index (Phi) is 2.44. The molecule has 1 aromatic heterocycles. The second-order valence-electron chi connectivity index (χ2n) is 4.37. The predicted octanol–water partition coefficient (Wildman–Crippen LogP) is 0.560. The summed E-state index contributed by atoms with van der Waals surface area (Å²) in [5, 5.41) is 8.95. The predicted molar refractivity (Wildman–Crippen MR) is 58.5 cm³/mol. The Hall–Kier alpha value is -1.69. The molecule has 6 heteroatoms. The van der Waals surface area contributed by atoms with Gasteiger partial charge in [0.15, 0.2) is 0 Å². The van der Waals surface area contributed by atoms with Crippen LogP contribution in [-0.4, -0.2) is 33.6 Å². The summed E-state index contributed by atoms with van der Waals surface area (Å²) in [6.07, 6.45) is 3.56. The summed E-state index contributed by atoms with van der Waals surface area (Å²) < 4.78 is 5.33. The van der Waals surface area contributed by atoms with Gasteiger partial charge < -0.3 is 14.7 Å². The highest BCUT2D eigenvalue weighted by Crippen LogP contribution is 2.34. The van der Waals surface area contributed by atoms with Crippen molar-refractivity contribution in [2.45, 2.75) is 32.1 Å². The van der Waals surface area contributed by atoms with Gasteiger partial charge >= 0.3 is 5.97 Å². The number of hydrogen-bond donors (Lipinski definition) is 1. The van der Waals surface area contributed by atoms with Gasteiger partial charge in [0.2, 0.25) is 0 Å². The molecule has 1 saturated carbocycles. The third-order valence-electron chi connectivity index (χ3n) is 3.06. The van der Waals surface area contributed by atoms with E-state index in [1.807, 2.05) is 4.90 Å². The quantitative estimate of drug-likeness (QED) is 0.821. The third-order valence-corrected chi connectivity index (χ3v) is 3.06. The summed E-state index contributed by atoms with van der Waals surface area (Å²) in [6, 6.07) is 0.311. The average molecular weight is 235 g/mol. The first-order valence-corrected chi connectivity index (χ1v) is 5.64. The first kappa shape index (κ1) is 10.5. The number of aliphatic carboxylic acids is 1. The first-order valence-electron chi connectivity index (χ1n) is 5.64.